The summed E-state index contributed by atoms with van der Waals surface area (Å²) in [4.78, 5) is 16.3. The first-order chi connectivity index (χ1) is 8.70. The van der Waals surface area contributed by atoms with Gasteiger partial charge in [-0.2, -0.15) is 0 Å². The fraction of sp³-hybridized carbons (Fsp3) is 0.714. The van der Waals surface area contributed by atoms with E-state index in [-0.39, 0.29) is 5.01 Å². The average Bonchev–Trinajstić information content (AvgIpc) is 2.77. The van der Waals surface area contributed by atoms with Crippen LogP contribution in [-0.4, -0.2) is 16.1 Å². The monoisotopic (exact) mass is 263 g/mol. The van der Waals surface area contributed by atoms with Crippen LogP contribution in [0.4, 0.5) is 0 Å². The topological polar surface area (TPSA) is 50.2 Å². The molecule has 4 bridgehead atoms. The Bertz CT molecular complexity index is 468. The number of carbonyl (C=O) groups is 1. The zero-order chi connectivity index (χ0) is 12.3. The van der Waals surface area contributed by atoms with Gasteiger partial charge in [-0.05, 0) is 55.8 Å². The van der Waals surface area contributed by atoms with E-state index in [1.165, 1.54) is 48.3 Å². The number of aromatic carboxylic acids is 1. The Balaban J connectivity index is 1.66. The first-order valence-electron chi connectivity index (χ1n) is 6.89. The number of hydrogen-bond acceptors (Lipinski definition) is 3. The molecule has 4 aliphatic rings. The van der Waals surface area contributed by atoms with Gasteiger partial charge in [0.1, 0.15) is 0 Å². The standard InChI is InChI=1S/C14H17NO2S/c16-14(17)13-15-6-11(18-13)12-9-2-7-1-8(4-9)5-10(12)3-7/h6-10,12H,1-5H2,(H,16,17). The summed E-state index contributed by atoms with van der Waals surface area (Å²) in [5, 5.41) is 9.26. The van der Waals surface area contributed by atoms with Crippen LogP contribution in [-0.2, 0) is 0 Å². The molecule has 0 aliphatic heterocycles. The van der Waals surface area contributed by atoms with Crippen molar-refractivity contribution in [1.82, 2.24) is 4.98 Å². The molecule has 0 amide bonds. The number of carboxylic acids is 1. The second-order valence-electron chi connectivity index (χ2n) is 6.33. The van der Waals surface area contributed by atoms with Gasteiger partial charge in [0.15, 0.2) is 0 Å². The number of carboxylic acid groups (broad SMARTS) is 1. The zero-order valence-corrected chi connectivity index (χ0v) is 11.0. The molecule has 0 saturated heterocycles. The molecule has 5 rings (SSSR count). The van der Waals surface area contributed by atoms with Crippen LogP contribution in [0.1, 0.15) is 52.7 Å². The lowest BCUT2D eigenvalue weighted by molar-refractivity contribution is -0.00167. The van der Waals surface area contributed by atoms with Crippen LogP contribution in [0.5, 0.6) is 0 Å². The molecule has 0 radical (unpaired) electrons. The lowest BCUT2D eigenvalue weighted by Crippen LogP contribution is -2.43. The molecule has 0 atom stereocenters. The molecule has 1 heterocycles. The van der Waals surface area contributed by atoms with Crippen molar-refractivity contribution in [2.75, 3.05) is 0 Å². The fourth-order valence-electron chi connectivity index (χ4n) is 4.93. The van der Waals surface area contributed by atoms with Crippen LogP contribution < -0.4 is 0 Å². The van der Waals surface area contributed by atoms with E-state index in [1.54, 1.807) is 0 Å². The minimum atomic E-state index is -0.880. The Morgan fingerprint density at radius 1 is 1.17 bits per heavy atom. The smallest absolute Gasteiger partial charge is 0.365 e. The van der Waals surface area contributed by atoms with Crippen molar-refractivity contribution in [2.24, 2.45) is 23.7 Å². The highest BCUT2D eigenvalue weighted by Crippen LogP contribution is 2.60. The van der Waals surface area contributed by atoms with Gasteiger partial charge in [-0.25, -0.2) is 9.78 Å². The summed E-state index contributed by atoms with van der Waals surface area (Å²) in [6, 6.07) is 0. The molecule has 0 unspecified atom stereocenters. The highest BCUT2D eigenvalue weighted by Gasteiger charge is 2.49. The Labute approximate surface area is 110 Å². The summed E-state index contributed by atoms with van der Waals surface area (Å²) in [7, 11) is 0. The van der Waals surface area contributed by atoms with Gasteiger partial charge in [-0.15, -0.1) is 11.3 Å². The second-order valence-corrected chi connectivity index (χ2v) is 7.39. The van der Waals surface area contributed by atoms with Crippen LogP contribution >= 0.6 is 11.3 Å². The minimum absolute atomic E-state index is 0.263. The Hall–Kier alpha value is -0.900. The molecule has 0 spiro atoms. The van der Waals surface area contributed by atoms with Gasteiger partial charge in [-0.1, -0.05) is 0 Å². The molecule has 0 aromatic carbocycles. The lowest BCUT2D eigenvalue weighted by Gasteiger charge is -2.54. The maximum absolute atomic E-state index is 11.0. The van der Waals surface area contributed by atoms with Gasteiger partial charge < -0.3 is 5.11 Å². The van der Waals surface area contributed by atoms with E-state index in [0.717, 1.165) is 23.7 Å². The first kappa shape index (κ1) is 11.0. The molecule has 4 aliphatic carbocycles. The molecule has 96 valence electrons. The fourth-order valence-corrected chi connectivity index (χ4v) is 5.97. The number of aromatic nitrogens is 1. The maximum atomic E-state index is 11.0. The molecule has 4 heteroatoms. The SMILES string of the molecule is O=C(O)c1ncc(C2C3CC4CC(C3)CC2C4)s1. The lowest BCUT2D eigenvalue weighted by atomic mass is 9.52. The first-order valence-corrected chi connectivity index (χ1v) is 7.71. The van der Waals surface area contributed by atoms with Gasteiger partial charge in [0.2, 0.25) is 5.01 Å². The van der Waals surface area contributed by atoms with E-state index in [9.17, 15) is 4.79 Å². The van der Waals surface area contributed by atoms with Crippen LogP contribution in [0.15, 0.2) is 6.20 Å². The van der Waals surface area contributed by atoms with Crippen molar-refractivity contribution >= 4 is 17.3 Å². The molecule has 4 fully saturated rings. The summed E-state index contributed by atoms with van der Waals surface area (Å²) in [5.74, 6) is 3.29. The van der Waals surface area contributed by atoms with Crippen LogP contribution in [0, 0.1) is 23.7 Å². The Morgan fingerprint density at radius 3 is 2.28 bits per heavy atom. The Morgan fingerprint density at radius 2 is 1.78 bits per heavy atom. The van der Waals surface area contributed by atoms with Gasteiger partial charge in [0.25, 0.3) is 0 Å². The number of rotatable bonds is 2. The molecule has 1 aromatic rings. The third kappa shape index (κ3) is 1.54. The van der Waals surface area contributed by atoms with Crippen molar-refractivity contribution in [3.8, 4) is 0 Å². The van der Waals surface area contributed by atoms with E-state index in [2.05, 4.69) is 4.98 Å². The highest BCUT2D eigenvalue weighted by molar-refractivity contribution is 7.13. The molecular weight excluding hydrogens is 246 g/mol. The summed E-state index contributed by atoms with van der Waals surface area (Å²) >= 11 is 1.41. The predicted octanol–water partition coefficient (Wildman–Crippen LogP) is 3.38. The second kappa shape index (κ2) is 3.80. The van der Waals surface area contributed by atoms with E-state index in [1.807, 2.05) is 6.20 Å². The largest absolute Gasteiger partial charge is 0.476 e. The molecule has 3 nitrogen and oxygen atoms in total. The summed E-state index contributed by atoms with van der Waals surface area (Å²) < 4.78 is 0. The maximum Gasteiger partial charge on any atom is 0.365 e. The molecule has 1 aromatic heterocycles. The van der Waals surface area contributed by atoms with Crippen molar-refractivity contribution in [1.29, 1.82) is 0 Å². The van der Waals surface area contributed by atoms with Crippen molar-refractivity contribution in [2.45, 2.75) is 38.0 Å². The molecule has 18 heavy (non-hydrogen) atoms. The third-order valence-electron chi connectivity index (χ3n) is 5.26. The van der Waals surface area contributed by atoms with E-state index < -0.39 is 5.97 Å². The third-order valence-corrected chi connectivity index (χ3v) is 6.35. The van der Waals surface area contributed by atoms with Crippen molar-refractivity contribution in [3.63, 3.8) is 0 Å². The van der Waals surface area contributed by atoms with Gasteiger partial charge in [0, 0.05) is 17.0 Å². The normalized spacial score (nSPS) is 41.2. The molecule has 4 saturated carbocycles. The van der Waals surface area contributed by atoms with E-state index in [4.69, 9.17) is 5.11 Å². The molecule has 1 N–H and O–H groups in total. The minimum Gasteiger partial charge on any atom is -0.476 e. The van der Waals surface area contributed by atoms with Gasteiger partial charge in [0.05, 0.1) is 0 Å². The quantitative estimate of drug-likeness (QED) is 0.890. The van der Waals surface area contributed by atoms with E-state index >= 15 is 0 Å². The van der Waals surface area contributed by atoms with Crippen LogP contribution in [0.3, 0.4) is 0 Å². The highest BCUT2D eigenvalue weighted by atomic mass is 32.1. The van der Waals surface area contributed by atoms with Crippen LogP contribution in [0.2, 0.25) is 0 Å². The van der Waals surface area contributed by atoms with E-state index in [0.29, 0.717) is 5.92 Å². The zero-order valence-electron chi connectivity index (χ0n) is 10.2. The van der Waals surface area contributed by atoms with Crippen molar-refractivity contribution < 1.29 is 9.90 Å². The Kier molecular flexibility index (Phi) is 2.31. The summed E-state index contributed by atoms with van der Waals surface area (Å²) in [6.45, 7) is 0. The van der Waals surface area contributed by atoms with Gasteiger partial charge >= 0.3 is 5.97 Å². The van der Waals surface area contributed by atoms with Gasteiger partial charge in [-0.3, -0.25) is 0 Å². The number of thiazole rings is 1. The summed E-state index contributed by atoms with van der Waals surface area (Å²) in [5.41, 5.74) is 0. The average molecular weight is 263 g/mol. The predicted molar refractivity (Wildman–Crippen MR) is 68.9 cm³/mol. The van der Waals surface area contributed by atoms with Crippen LogP contribution in [0.25, 0.3) is 0 Å². The number of hydrogen-bond donors (Lipinski definition) is 1. The number of nitrogens with zero attached hydrogens (tertiary/aromatic N) is 1. The molecular formula is C14H17NO2S. The van der Waals surface area contributed by atoms with Crippen molar-refractivity contribution in [3.05, 3.63) is 16.1 Å². The summed E-state index contributed by atoms with van der Waals surface area (Å²) in [6.07, 6.45) is 8.79.